The molecule has 11 nitrogen and oxygen atoms in total. The normalized spacial score (nSPS) is 28.4. The van der Waals surface area contributed by atoms with Gasteiger partial charge in [-0.1, -0.05) is 26.2 Å². The van der Waals surface area contributed by atoms with Crippen LogP contribution in [0.1, 0.15) is 77.7 Å². The van der Waals surface area contributed by atoms with Crippen molar-refractivity contribution in [1.29, 1.82) is 0 Å². The van der Waals surface area contributed by atoms with Gasteiger partial charge in [0, 0.05) is 19.7 Å². The van der Waals surface area contributed by atoms with Crippen LogP contribution in [-0.4, -0.2) is 57.5 Å². The van der Waals surface area contributed by atoms with Crippen molar-refractivity contribution < 1.29 is 14.4 Å². The summed E-state index contributed by atoms with van der Waals surface area (Å²) in [5, 5.41) is 6.45. The molecule has 11 heteroatoms. The van der Waals surface area contributed by atoms with E-state index in [2.05, 4.69) is 46.4 Å². The first kappa shape index (κ1) is 24.7. The van der Waals surface area contributed by atoms with E-state index in [0.29, 0.717) is 23.3 Å². The lowest BCUT2D eigenvalue weighted by Crippen LogP contribution is -2.61. The summed E-state index contributed by atoms with van der Waals surface area (Å²) in [5.74, 6) is 4.18. The minimum Gasteiger partial charge on any atom is -0.375 e. The number of hydrogen-bond donors (Lipinski definition) is 3. The van der Waals surface area contributed by atoms with Gasteiger partial charge in [-0.05, 0) is 57.3 Å². The van der Waals surface area contributed by atoms with Gasteiger partial charge >= 0.3 is 6.09 Å². The Morgan fingerprint density at radius 3 is 2.54 bits per heavy atom. The van der Waals surface area contributed by atoms with Crippen LogP contribution in [0, 0.1) is 17.8 Å². The molecule has 202 valence electrons. The SMILES string of the molecule is COC1(C)CN(c2nc3nc(C4NOC(=O)N4)nc(N[C@H](C)C4CCC4)c3n2CC2CCC(C)CC2)C1. The van der Waals surface area contributed by atoms with Crippen LogP contribution in [0.3, 0.4) is 0 Å². The van der Waals surface area contributed by atoms with E-state index in [-0.39, 0.29) is 11.6 Å². The standard InChI is InChI=1S/C26H40N8O3/c1-15-8-10-17(11-9-15)12-34-19-20(27-16(2)18-6-5-7-18)28-22(23-31-25(35)37-32-23)29-21(19)30-24(34)33-13-26(3,14-33)36-4/h15-18,23,32H,5-14H2,1-4H3,(H,31,35)(H,27,28,29)/t15?,16-,17?,23?/m1/s1. The Balaban J connectivity index is 1.42. The van der Waals surface area contributed by atoms with E-state index in [0.717, 1.165) is 42.8 Å². The Hall–Kier alpha value is -2.66. The van der Waals surface area contributed by atoms with Crippen molar-refractivity contribution in [1.82, 2.24) is 30.3 Å². The van der Waals surface area contributed by atoms with E-state index < -0.39 is 12.3 Å². The highest BCUT2D eigenvalue weighted by atomic mass is 16.7. The first-order valence-electron chi connectivity index (χ1n) is 13.9. The van der Waals surface area contributed by atoms with Crippen molar-refractivity contribution in [2.24, 2.45) is 17.8 Å². The highest BCUT2D eigenvalue weighted by Crippen LogP contribution is 2.38. The lowest BCUT2D eigenvalue weighted by molar-refractivity contribution is -0.0178. The maximum Gasteiger partial charge on any atom is 0.427 e. The molecule has 4 aliphatic rings. The Kier molecular flexibility index (Phi) is 6.38. The molecule has 2 saturated carbocycles. The summed E-state index contributed by atoms with van der Waals surface area (Å²) in [7, 11) is 1.77. The number of carbonyl (C=O) groups excluding carboxylic acids is 1. The van der Waals surface area contributed by atoms with Gasteiger partial charge in [0.15, 0.2) is 23.5 Å². The van der Waals surface area contributed by atoms with Gasteiger partial charge in [-0.3, -0.25) is 5.32 Å². The fourth-order valence-corrected chi connectivity index (χ4v) is 6.17. The van der Waals surface area contributed by atoms with Gasteiger partial charge < -0.3 is 24.4 Å². The third-order valence-corrected chi connectivity index (χ3v) is 9.01. The van der Waals surface area contributed by atoms with Gasteiger partial charge in [0.2, 0.25) is 5.95 Å². The van der Waals surface area contributed by atoms with Crippen LogP contribution in [0.4, 0.5) is 16.6 Å². The van der Waals surface area contributed by atoms with E-state index in [1.807, 2.05) is 0 Å². The monoisotopic (exact) mass is 512 g/mol. The average Bonchev–Trinajstić information content (AvgIpc) is 3.41. The zero-order valence-electron chi connectivity index (χ0n) is 22.4. The number of amides is 1. The number of aromatic nitrogens is 4. The molecule has 1 amide bonds. The van der Waals surface area contributed by atoms with E-state index in [9.17, 15) is 4.79 Å². The molecule has 2 atom stereocenters. The van der Waals surface area contributed by atoms with Crippen molar-refractivity contribution in [3.05, 3.63) is 5.82 Å². The molecule has 37 heavy (non-hydrogen) atoms. The van der Waals surface area contributed by atoms with E-state index in [4.69, 9.17) is 24.5 Å². The van der Waals surface area contributed by atoms with Crippen LogP contribution in [0.5, 0.6) is 0 Å². The Morgan fingerprint density at radius 1 is 1.16 bits per heavy atom. The maximum absolute atomic E-state index is 11.7. The third-order valence-electron chi connectivity index (χ3n) is 9.01. The predicted octanol–water partition coefficient (Wildman–Crippen LogP) is 3.72. The fourth-order valence-electron chi connectivity index (χ4n) is 6.17. The number of carbonyl (C=O) groups is 1. The van der Waals surface area contributed by atoms with Gasteiger partial charge in [0.05, 0.1) is 13.1 Å². The summed E-state index contributed by atoms with van der Waals surface area (Å²) in [4.78, 5) is 33.7. The molecule has 2 saturated heterocycles. The van der Waals surface area contributed by atoms with Crippen molar-refractivity contribution in [2.75, 3.05) is 30.4 Å². The van der Waals surface area contributed by atoms with Crippen LogP contribution >= 0.6 is 0 Å². The number of hydrogen-bond acceptors (Lipinski definition) is 9. The largest absolute Gasteiger partial charge is 0.427 e. The average molecular weight is 513 g/mol. The van der Waals surface area contributed by atoms with Crippen molar-refractivity contribution in [2.45, 2.75) is 90.1 Å². The van der Waals surface area contributed by atoms with Crippen molar-refractivity contribution in [3.8, 4) is 0 Å². The summed E-state index contributed by atoms with van der Waals surface area (Å²) in [5.41, 5.74) is 4.11. The number of nitrogens with one attached hydrogen (secondary N) is 3. The molecule has 3 N–H and O–H groups in total. The number of methoxy groups -OCH3 is 1. The minimum absolute atomic E-state index is 0.171. The van der Waals surface area contributed by atoms with Crippen LogP contribution in [-0.2, 0) is 16.1 Å². The van der Waals surface area contributed by atoms with E-state index >= 15 is 0 Å². The summed E-state index contributed by atoms with van der Waals surface area (Å²) in [6.07, 6.45) is 7.59. The lowest BCUT2D eigenvalue weighted by Gasteiger charge is -2.47. The summed E-state index contributed by atoms with van der Waals surface area (Å²) in [6, 6.07) is 0.283. The second kappa shape index (κ2) is 9.58. The predicted molar refractivity (Wildman–Crippen MR) is 140 cm³/mol. The van der Waals surface area contributed by atoms with Gasteiger partial charge in [-0.2, -0.15) is 4.98 Å². The topological polar surface area (TPSA) is 118 Å². The maximum atomic E-state index is 11.7. The smallest absolute Gasteiger partial charge is 0.375 e. The summed E-state index contributed by atoms with van der Waals surface area (Å²) >= 11 is 0. The van der Waals surface area contributed by atoms with Crippen LogP contribution in [0.25, 0.3) is 11.2 Å². The Bertz CT molecular complexity index is 1150. The fraction of sp³-hybridized carbons (Fsp3) is 0.769. The zero-order valence-corrected chi connectivity index (χ0v) is 22.4. The molecular formula is C26H40N8O3. The first-order chi connectivity index (χ1) is 17.8. The second-order valence-electron chi connectivity index (χ2n) is 12.0. The molecule has 2 aliphatic heterocycles. The minimum atomic E-state index is -0.620. The summed E-state index contributed by atoms with van der Waals surface area (Å²) in [6.45, 7) is 9.20. The molecule has 2 aliphatic carbocycles. The zero-order chi connectivity index (χ0) is 25.7. The number of ether oxygens (including phenoxy) is 1. The van der Waals surface area contributed by atoms with Crippen LogP contribution in [0.15, 0.2) is 0 Å². The highest BCUT2D eigenvalue weighted by molar-refractivity contribution is 5.86. The Morgan fingerprint density at radius 2 is 1.92 bits per heavy atom. The number of fused-ring (bicyclic) bond motifs is 1. The molecule has 4 fully saturated rings. The summed E-state index contributed by atoms with van der Waals surface area (Å²) < 4.78 is 8.09. The van der Waals surface area contributed by atoms with E-state index in [1.54, 1.807) is 7.11 Å². The van der Waals surface area contributed by atoms with Crippen molar-refractivity contribution >= 4 is 29.0 Å². The molecule has 0 spiro atoms. The quantitative estimate of drug-likeness (QED) is 0.486. The van der Waals surface area contributed by atoms with Gasteiger partial charge in [0.1, 0.15) is 11.1 Å². The molecular weight excluding hydrogens is 472 g/mol. The molecule has 0 aromatic carbocycles. The first-order valence-corrected chi connectivity index (χ1v) is 13.9. The molecule has 2 aromatic heterocycles. The number of rotatable bonds is 8. The molecule has 0 radical (unpaired) electrons. The lowest BCUT2D eigenvalue weighted by atomic mass is 9.80. The third kappa shape index (κ3) is 4.71. The number of imidazole rings is 1. The van der Waals surface area contributed by atoms with Gasteiger partial charge in [-0.15, -0.1) is 5.48 Å². The van der Waals surface area contributed by atoms with Gasteiger partial charge in [-0.25, -0.2) is 14.8 Å². The van der Waals surface area contributed by atoms with Crippen LogP contribution < -0.4 is 21.0 Å². The molecule has 4 heterocycles. The number of anilines is 2. The molecule has 1 unspecified atom stereocenters. The molecule has 6 rings (SSSR count). The second-order valence-corrected chi connectivity index (χ2v) is 12.0. The highest BCUT2D eigenvalue weighted by Gasteiger charge is 2.42. The van der Waals surface area contributed by atoms with Crippen molar-refractivity contribution in [3.63, 3.8) is 0 Å². The van der Waals surface area contributed by atoms with Gasteiger partial charge in [0.25, 0.3) is 0 Å². The van der Waals surface area contributed by atoms with E-state index in [1.165, 1.54) is 44.9 Å². The molecule has 0 bridgehead atoms. The molecule has 2 aromatic rings. The Labute approximate surface area is 218 Å². The van der Waals surface area contributed by atoms with Crippen LogP contribution in [0.2, 0.25) is 0 Å². The number of nitrogens with zero attached hydrogens (tertiary/aromatic N) is 5. The number of hydroxylamine groups is 1.